The van der Waals surface area contributed by atoms with Gasteiger partial charge in [0.05, 0.1) is 12.9 Å². The summed E-state index contributed by atoms with van der Waals surface area (Å²) in [5, 5.41) is 0. The topological polar surface area (TPSA) is 9.23 Å². The molecule has 1 aromatic carbocycles. The van der Waals surface area contributed by atoms with E-state index in [0.717, 1.165) is 13.0 Å². The van der Waals surface area contributed by atoms with Gasteiger partial charge in [0.25, 0.3) is 0 Å². The lowest BCUT2D eigenvalue weighted by molar-refractivity contribution is 0.231. The molecule has 1 heteroatoms. The van der Waals surface area contributed by atoms with Gasteiger partial charge in [-0.1, -0.05) is 44.2 Å². The summed E-state index contributed by atoms with van der Waals surface area (Å²) in [6, 6.07) is 10.2. The first-order chi connectivity index (χ1) is 6.79. The van der Waals surface area contributed by atoms with Crippen molar-refractivity contribution in [3.63, 3.8) is 0 Å². The van der Waals surface area contributed by atoms with Crippen LogP contribution in [0.15, 0.2) is 36.6 Å². The zero-order valence-corrected chi connectivity index (χ0v) is 8.94. The summed E-state index contributed by atoms with van der Waals surface area (Å²) >= 11 is 0. The summed E-state index contributed by atoms with van der Waals surface area (Å²) in [6.07, 6.45) is 4.87. The molecule has 0 aromatic heterocycles. The SMILES string of the molecule is CC(C)CCO/C=C/c1ccccc1. The third-order valence-corrected chi connectivity index (χ3v) is 1.97. The molecule has 0 unspecified atom stereocenters. The van der Waals surface area contributed by atoms with E-state index in [4.69, 9.17) is 4.74 Å². The number of ether oxygens (including phenoxy) is 1. The number of rotatable bonds is 5. The van der Waals surface area contributed by atoms with Gasteiger partial charge in [0, 0.05) is 0 Å². The molecule has 0 aliphatic rings. The quantitative estimate of drug-likeness (QED) is 0.508. The van der Waals surface area contributed by atoms with E-state index in [2.05, 4.69) is 26.0 Å². The van der Waals surface area contributed by atoms with Crippen molar-refractivity contribution in [2.45, 2.75) is 20.3 Å². The van der Waals surface area contributed by atoms with Crippen LogP contribution in [0, 0.1) is 5.92 Å². The van der Waals surface area contributed by atoms with Gasteiger partial charge in [-0.25, -0.2) is 0 Å². The van der Waals surface area contributed by atoms with Crippen LogP contribution in [-0.2, 0) is 4.74 Å². The van der Waals surface area contributed by atoms with Crippen LogP contribution < -0.4 is 0 Å². The molecule has 0 amide bonds. The molecule has 0 spiro atoms. The summed E-state index contributed by atoms with van der Waals surface area (Å²) in [4.78, 5) is 0. The first kappa shape index (κ1) is 10.8. The van der Waals surface area contributed by atoms with Gasteiger partial charge in [0.1, 0.15) is 0 Å². The Morgan fingerprint density at radius 2 is 1.93 bits per heavy atom. The predicted octanol–water partition coefficient (Wildman–Crippen LogP) is 3.72. The van der Waals surface area contributed by atoms with Gasteiger partial charge >= 0.3 is 0 Å². The second-order valence-corrected chi connectivity index (χ2v) is 3.77. The van der Waals surface area contributed by atoms with E-state index in [1.807, 2.05) is 24.3 Å². The molecule has 0 heterocycles. The summed E-state index contributed by atoms with van der Waals surface area (Å²) in [7, 11) is 0. The highest BCUT2D eigenvalue weighted by molar-refractivity contribution is 5.47. The third-order valence-electron chi connectivity index (χ3n) is 1.97. The van der Waals surface area contributed by atoms with Gasteiger partial charge in [0.2, 0.25) is 0 Å². The van der Waals surface area contributed by atoms with Crippen LogP contribution in [0.5, 0.6) is 0 Å². The summed E-state index contributed by atoms with van der Waals surface area (Å²) in [5.74, 6) is 0.708. The second-order valence-electron chi connectivity index (χ2n) is 3.77. The third kappa shape index (κ3) is 4.70. The molecular formula is C13H18O. The molecule has 0 bridgehead atoms. The Labute approximate surface area is 86.4 Å². The van der Waals surface area contributed by atoms with E-state index < -0.39 is 0 Å². The van der Waals surface area contributed by atoms with Crippen LogP contribution in [-0.4, -0.2) is 6.61 Å². The van der Waals surface area contributed by atoms with Crippen molar-refractivity contribution < 1.29 is 4.74 Å². The molecule has 0 N–H and O–H groups in total. The van der Waals surface area contributed by atoms with E-state index in [9.17, 15) is 0 Å². The molecule has 14 heavy (non-hydrogen) atoms. The van der Waals surface area contributed by atoms with Crippen LogP contribution in [0.3, 0.4) is 0 Å². The molecule has 0 radical (unpaired) electrons. The summed E-state index contributed by atoms with van der Waals surface area (Å²) in [6.45, 7) is 5.20. The fourth-order valence-corrected chi connectivity index (χ4v) is 1.06. The summed E-state index contributed by atoms with van der Waals surface area (Å²) < 4.78 is 5.37. The van der Waals surface area contributed by atoms with E-state index in [1.165, 1.54) is 5.56 Å². The fraction of sp³-hybridized carbons (Fsp3) is 0.385. The van der Waals surface area contributed by atoms with Crippen molar-refractivity contribution in [1.82, 2.24) is 0 Å². The molecule has 1 rings (SSSR count). The highest BCUT2D eigenvalue weighted by Crippen LogP contribution is 2.02. The Morgan fingerprint density at radius 1 is 1.21 bits per heavy atom. The Morgan fingerprint density at radius 3 is 2.57 bits per heavy atom. The average molecular weight is 190 g/mol. The number of hydrogen-bond acceptors (Lipinski definition) is 1. The lowest BCUT2D eigenvalue weighted by Gasteiger charge is -2.03. The lowest BCUT2D eigenvalue weighted by atomic mass is 10.1. The van der Waals surface area contributed by atoms with Crippen molar-refractivity contribution in [3.8, 4) is 0 Å². The first-order valence-corrected chi connectivity index (χ1v) is 5.12. The molecule has 76 valence electrons. The van der Waals surface area contributed by atoms with Crippen molar-refractivity contribution >= 4 is 6.08 Å². The standard InChI is InChI=1S/C13H18O/c1-12(2)8-10-14-11-9-13-6-4-3-5-7-13/h3-7,9,11-12H,8,10H2,1-2H3/b11-9+. The molecule has 1 aromatic rings. The van der Waals surface area contributed by atoms with Gasteiger partial charge in [-0.2, -0.15) is 0 Å². The first-order valence-electron chi connectivity index (χ1n) is 5.12. The number of benzene rings is 1. The van der Waals surface area contributed by atoms with Gasteiger partial charge < -0.3 is 4.74 Å². The van der Waals surface area contributed by atoms with Crippen molar-refractivity contribution in [2.24, 2.45) is 5.92 Å². The smallest absolute Gasteiger partial charge is 0.0875 e. The van der Waals surface area contributed by atoms with Crippen molar-refractivity contribution in [2.75, 3.05) is 6.61 Å². The van der Waals surface area contributed by atoms with E-state index in [1.54, 1.807) is 6.26 Å². The molecule has 0 saturated heterocycles. The molecule has 0 aliphatic heterocycles. The minimum atomic E-state index is 0.708. The molecule has 0 aliphatic carbocycles. The van der Waals surface area contributed by atoms with Crippen LogP contribution in [0.4, 0.5) is 0 Å². The highest BCUT2D eigenvalue weighted by Gasteiger charge is 1.91. The predicted molar refractivity (Wildman–Crippen MR) is 60.9 cm³/mol. The average Bonchev–Trinajstić information content (AvgIpc) is 2.18. The normalized spacial score (nSPS) is 11.1. The monoisotopic (exact) mass is 190 g/mol. The second kappa shape index (κ2) is 6.25. The molecule has 0 atom stereocenters. The minimum absolute atomic E-state index is 0.708. The highest BCUT2D eigenvalue weighted by atomic mass is 16.5. The Balaban J connectivity index is 2.21. The molecule has 0 saturated carbocycles. The lowest BCUT2D eigenvalue weighted by Crippen LogP contribution is -1.93. The summed E-state index contributed by atoms with van der Waals surface area (Å²) in [5.41, 5.74) is 1.18. The van der Waals surface area contributed by atoms with E-state index in [0.29, 0.717) is 5.92 Å². The van der Waals surface area contributed by atoms with Gasteiger partial charge in [-0.3, -0.25) is 0 Å². The van der Waals surface area contributed by atoms with Crippen molar-refractivity contribution in [1.29, 1.82) is 0 Å². The minimum Gasteiger partial charge on any atom is -0.501 e. The van der Waals surface area contributed by atoms with Gasteiger partial charge in [-0.15, -0.1) is 0 Å². The maximum Gasteiger partial charge on any atom is 0.0875 e. The Hall–Kier alpha value is -1.24. The van der Waals surface area contributed by atoms with Crippen LogP contribution in [0.1, 0.15) is 25.8 Å². The maximum atomic E-state index is 5.37. The van der Waals surface area contributed by atoms with Gasteiger partial charge in [-0.05, 0) is 24.0 Å². The van der Waals surface area contributed by atoms with Gasteiger partial charge in [0.15, 0.2) is 0 Å². The van der Waals surface area contributed by atoms with Crippen LogP contribution >= 0.6 is 0 Å². The van der Waals surface area contributed by atoms with E-state index in [-0.39, 0.29) is 0 Å². The largest absolute Gasteiger partial charge is 0.501 e. The molecular weight excluding hydrogens is 172 g/mol. The zero-order valence-electron chi connectivity index (χ0n) is 8.94. The van der Waals surface area contributed by atoms with Crippen LogP contribution in [0.25, 0.3) is 6.08 Å². The van der Waals surface area contributed by atoms with Crippen LogP contribution in [0.2, 0.25) is 0 Å². The Bertz CT molecular complexity index is 262. The molecule has 1 nitrogen and oxygen atoms in total. The zero-order chi connectivity index (χ0) is 10.2. The molecule has 0 fully saturated rings. The number of hydrogen-bond donors (Lipinski definition) is 0. The Kier molecular flexibility index (Phi) is 4.84. The maximum absolute atomic E-state index is 5.37. The van der Waals surface area contributed by atoms with E-state index >= 15 is 0 Å². The fourth-order valence-electron chi connectivity index (χ4n) is 1.06. The van der Waals surface area contributed by atoms with Crippen molar-refractivity contribution in [3.05, 3.63) is 42.2 Å².